The molecule has 0 aliphatic carbocycles. The fourth-order valence-corrected chi connectivity index (χ4v) is 2.74. The summed E-state index contributed by atoms with van der Waals surface area (Å²) in [5.74, 6) is -1.73. The Morgan fingerprint density at radius 2 is 1.45 bits per heavy atom. The van der Waals surface area contributed by atoms with Crippen LogP contribution in [0.1, 0.15) is 40.1 Å². The lowest BCUT2D eigenvalue weighted by molar-refractivity contribution is -0.146. The highest BCUT2D eigenvalue weighted by atomic mass is 16.5. The van der Waals surface area contributed by atoms with Gasteiger partial charge in [-0.2, -0.15) is 0 Å². The summed E-state index contributed by atoms with van der Waals surface area (Å²) in [6.07, 6.45) is 0. The monoisotopic (exact) mass is 425 g/mol. The van der Waals surface area contributed by atoms with E-state index in [1.54, 1.807) is 53.4 Å². The molecule has 2 aromatic carbocycles. The normalized spacial score (nSPS) is 10.2. The standard InChI is InChI=1S/C23H27N3O5/c1-4-26(5-2)23(30)18-10-12-19(13-11-18)25-20(27)15-31-21(28)14-24-22(29)17-8-6-16(3)7-9-17/h6-13H,4-5,14-15H2,1-3H3,(H,24,29)(H,25,27). The highest BCUT2D eigenvalue weighted by Crippen LogP contribution is 2.12. The van der Waals surface area contributed by atoms with Crippen molar-refractivity contribution >= 4 is 29.4 Å². The molecule has 0 heterocycles. The van der Waals surface area contributed by atoms with Gasteiger partial charge in [-0.15, -0.1) is 0 Å². The Bertz CT molecular complexity index is 919. The van der Waals surface area contributed by atoms with Crippen LogP contribution in [0.3, 0.4) is 0 Å². The maximum Gasteiger partial charge on any atom is 0.325 e. The van der Waals surface area contributed by atoms with Gasteiger partial charge in [0, 0.05) is 29.9 Å². The summed E-state index contributed by atoms with van der Waals surface area (Å²) in [4.78, 5) is 49.7. The van der Waals surface area contributed by atoms with Crippen molar-refractivity contribution in [3.63, 3.8) is 0 Å². The third-order valence-electron chi connectivity index (χ3n) is 4.54. The van der Waals surface area contributed by atoms with Crippen LogP contribution in [0.2, 0.25) is 0 Å². The number of benzene rings is 2. The third-order valence-corrected chi connectivity index (χ3v) is 4.54. The number of nitrogens with zero attached hydrogens (tertiary/aromatic N) is 1. The van der Waals surface area contributed by atoms with Crippen LogP contribution in [-0.4, -0.2) is 54.8 Å². The summed E-state index contributed by atoms with van der Waals surface area (Å²) in [7, 11) is 0. The Labute approximate surface area is 181 Å². The molecule has 8 nitrogen and oxygen atoms in total. The number of rotatable bonds is 9. The van der Waals surface area contributed by atoms with E-state index in [1.165, 1.54) is 0 Å². The summed E-state index contributed by atoms with van der Waals surface area (Å²) in [5, 5.41) is 5.03. The Hall–Kier alpha value is -3.68. The van der Waals surface area contributed by atoms with Gasteiger partial charge in [0.25, 0.3) is 17.7 Å². The molecule has 8 heteroatoms. The molecule has 0 fully saturated rings. The first-order valence-corrected chi connectivity index (χ1v) is 10.0. The predicted octanol–water partition coefficient (Wildman–Crippen LogP) is 2.39. The topological polar surface area (TPSA) is 105 Å². The van der Waals surface area contributed by atoms with E-state index in [0.29, 0.717) is 29.9 Å². The minimum Gasteiger partial charge on any atom is -0.454 e. The van der Waals surface area contributed by atoms with Gasteiger partial charge in [0.05, 0.1) is 0 Å². The number of carbonyl (C=O) groups is 4. The van der Waals surface area contributed by atoms with Gasteiger partial charge in [0.15, 0.2) is 6.61 Å². The molecule has 0 bridgehead atoms. The lowest BCUT2D eigenvalue weighted by Crippen LogP contribution is -2.32. The lowest BCUT2D eigenvalue weighted by Gasteiger charge is -2.18. The van der Waals surface area contributed by atoms with Crippen LogP contribution in [0, 0.1) is 6.92 Å². The maximum absolute atomic E-state index is 12.3. The van der Waals surface area contributed by atoms with Gasteiger partial charge in [-0.1, -0.05) is 17.7 Å². The van der Waals surface area contributed by atoms with Crippen molar-refractivity contribution < 1.29 is 23.9 Å². The number of carbonyl (C=O) groups excluding carboxylic acids is 4. The zero-order valence-electron chi connectivity index (χ0n) is 17.9. The van der Waals surface area contributed by atoms with Crippen LogP contribution in [0.15, 0.2) is 48.5 Å². The van der Waals surface area contributed by atoms with Crippen molar-refractivity contribution in [2.45, 2.75) is 20.8 Å². The number of aryl methyl sites for hydroxylation is 1. The SMILES string of the molecule is CCN(CC)C(=O)c1ccc(NC(=O)COC(=O)CNC(=O)c2ccc(C)cc2)cc1. The molecule has 0 saturated heterocycles. The highest BCUT2D eigenvalue weighted by molar-refractivity contribution is 5.97. The number of anilines is 1. The number of ether oxygens (including phenoxy) is 1. The molecule has 0 saturated carbocycles. The molecule has 0 aliphatic heterocycles. The lowest BCUT2D eigenvalue weighted by atomic mass is 10.1. The molecule has 0 aromatic heterocycles. The van der Waals surface area contributed by atoms with E-state index in [0.717, 1.165) is 5.56 Å². The molecule has 31 heavy (non-hydrogen) atoms. The molecular weight excluding hydrogens is 398 g/mol. The highest BCUT2D eigenvalue weighted by Gasteiger charge is 2.13. The van der Waals surface area contributed by atoms with E-state index < -0.39 is 24.4 Å². The molecular formula is C23H27N3O5. The van der Waals surface area contributed by atoms with Crippen LogP contribution < -0.4 is 10.6 Å². The number of hydrogen-bond acceptors (Lipinski definition) is 5. The Kier molecular flexibility index (Phi) is 8.75. The smallest absolute Gasteiger partial charge is 0.325 e. The fraction of sp³-hybridized carbons (Fsp3) is 0.304. The second-order valence-corrected chi connectivity index (χ2v) is 6.81. The second kappa shape index (κ2) is 11.5. The number of amides is 3. The summed E-state index contributed by atoms with van der Waals surface area (Å²) < 4.78 is 4.88. The second-order valence-electron chi connectivity index (χ2n) is 6.81. The van der Waals surface area contributed by atoms with Gasteiger partial charge in [-0.05, 0) is 57.2 Å². The third kappa shape index (κ3) is 7.26. The van der Waals surface area contributed by atoms with E-state index in [4.69, 9.17) is 4.74 Å². The summed E-state index contributed by atoms with van der Waals surface area (Å²) >= 11 is 0. The number of hydrogen-bond donors (Lipinski definition) is 2. The van der Waals surface area contributed by atoms with Gasteiger partial charge in [0.2, 0.25) is 0 Å². The zero-order chi connectivity index (χ0) is 22.8. The zero-order valence-corrected chi connectivity index (χ0v) is 17.9. The fourth-order valence-electron chi connectivity index (χ4n) is 2.74. The molecule has 2 aromatic rings. The van der Waals surface area contributed by atoms with Crippen molar-refractivity contribution in [1.82, 2.24) is 10.2 Å². The minimum absolute atomic E-state index is 0.0792. The molecule has 2 rings (SSSR count). The summed E-state index contributed by atoms with van der Waals surface area (Å²) in [6.45, 7) is 6.12. The molecule has 164 valence electrons. The van der Waals surface area contributed by atoms with E-state index in [-0.39, 0.29) is 12.5 Å². The molecule has 2 N–H and O–H groups in total. The molecule has 3 amide bonds. The van der Waals surface area contributed by atoms with Crippen molar-refractivity contribution in [3.8, 4) is 0 Å². The van der Waals surface area contributed by atoms with E-state index in [2.05, 4.69) is 10.6 Å². The largest absolute Gasteiger partial charge is 0.454 e. The van der Waals surface area contributed by atoms with E-state index >= 15 is 0 Å². The van der Waals surface area contributed by atoms with Gasteiger partial charge in [0.1, 0.15) is 6.54 Å². The van der Waals surface area contributed by atoms with Gasteiger partial charge < -0.3 is 20.3 Å². The van der Waals surface area contributed by atoms with Crippen LogP contribution in [-0.2, 0) is 14.3 Å². The average molecular weight is 425 g/mol. The molecule has 0 spiro atoms. The first-order chi connectivity index (χ1) is 14.8. The molecule has 0 atom stereocenters. The van der Waals surface area contributed by atoms with E-state index in [1.807, 2.05) is 20.8 Å². The predicted molar refractivity (Wildman–Crippen MR) is 117 cm³/mol. The van der Waals surface area contributed by atoms with Crippen molar-refractivity contribution in [2.24, 2.45) is 0 Å². The summed E-state index contributed by atoms with van der Waals surface area (Å²) in [6, 6.07) is 13.4. The Morgan fingerprint density at radius 1 is 0.871 bits per heavy atom. The van der Waals surface area contributed by atoms with Crippen molar-refractivity contribution in [2.75, 3.05) is 31.6 Å². The van der Waals surface area contributed by atoms with Crippen molar-refractivity contribution in [1.29, 1.82) is 0 Å². The molecule has 0 aliphatic rings. The first kappa shape index (κ1) is 23.6. The van der Waals surface area contributed by atoms with Crippen LogP contribution in [0.4, 0.5) is 5.69 Å². The van der Waals surface area contributed by atoms with E-state index in [9.17, 15) is 19.2 Å². The van der Waals surface area contributed by atoms with Crippen LogP contribution in [0.5, 0.6) is 0 Å². The minimum atomic E-state index is -0.726. The molecule has 0 radical (unpaired) electrons. The van der Waals surface area contributed by atoms with Gasteiger partial charge in [-0.25, -0.2) is 0 Å². The average Bonchev–Trinajstić information content (AvgIpc) is 2.77. The first-order valence-electron chi connectivity index (χ1n) is 10.0. The maximum atomic E-state index is 12.3. The number of nitrogens with one attached hydrogen (secondary N) is 2. The quantitative estimate of drug-likeness (QED) is 0.600. The van der Waals surface area contributed by atoms with Crippen LogP contribution >= 0.6 is 0 Å². The van der Waals surface area contributed by atoms with Gasteiger partial charge in [-0.3, -0.25) is 19.2 Å². The Balaban J connectivity index is 1.75. The van der Waals surface area contributed by atoms with Crippen molar-refractivity contribution in [3.05, 3.63) is 65.2 Å². The Morgan fingerprint density at radius 3 is 2.03 bits per heavy atom. The number of esters is 1. The van der Waals surface area contributed by atoms with Crippen LogP contribution in [0.25, 0.3) is 0 Å². The summed E-state index contributed by atoms with van der Waals surface area (Å²) in [5.41, 5.74) is 2.45. The molecule has 0 unspecified atom stereocenters. The van der Waals surface area contributed by atoms with Gasteiger partial charge >= 0.3 is 5.97 Å².